The standard InChI is InChI=1S/C24H29N3O4S2/c28-33(29,23-18-19-6-1-2-9-22(19)32-23)25-10-3-4-11-26-12-14-27(15-13-26)20-7-5-8-21-24(20)31-17-16-30-21/h1-2,5-9,18,25H,3-4,10-17H2. The van der Waals surface area contributed by atoms with Crippen LogP contribution >= 0.6 is 11.3 Å². The Hall–Kier alpha value is -2.33. The monoisotopic (exact) mass is 487 g/mol. The van der Waals surface area contributed by atoms with Crippen molar-refractivity contribution in [2.45, 2.75) is 17.1 Å². The summed E-state index contributed by atoms with van der Waals surface area (Å²) >= 11 is 1.32. The van der Waals surface area contributed by atoms with E-state index in [1.54, 1.807) is 6.07 Å². The van der Waals surface area contributed by atoms with E-state index < -0.39 is 10.0 Å². The Labute approximate surface area is 199 Å². The van der Waals surface area contributed by atoms with E-state index in [-0.39, 0.29) is 0 Å². The lowest BCUT2D eigenvalue weighted by atomic mass is 10.2. The number of hydrogen-bond donors (Lipinski definition) is 1. The van der Waals surface area contributed by atoms with Crippen LogP contribution in [0.25, 0.3) is 10.1 Å². The lowest BCUT2D eigenvalue weighted by Gasteiger charge is -2.37. The number of benzene rings is 2. The lowest BCUT2D eigenvalue weighted by Crippen LogP contribution is -2.46. The SMILES string of the molecule is O=S(=O)(NCCCCN1CCN(c2cccc3c2OCCO3)CC1)c1cc2ccccc2s1. The average Bonchev–Trinajstić information content (AvgIpc) is 3.29. The molecule has 1 N–H and O–H groups in total. The van der Waals surface area contributed by atoms with E-state index in [1.165, 1.54) is 11.3 Å². The summed E-state index contributed by atoms with van der Waals surface area (Å²) in [6.45, 7) is 6.49. The summed E-state index contributed by atoms with van der Waals surface area (Å²) in [5.74, 6) is 1.70. The van der Waals surface area contributed by atoms with Gasteiger partial charge in [0.15, 0.2) is 11.5 Å². The molecule has 0 radical (unpaired) electrons. The maximum Gasteiger partial charge on any atom is 0.250 e. The van der Waals surface area contributed by atoms with E-state index in [1.807, 2.05) is 36.4 Å². The Kier molecular flexibility index (Phi) is 6.73. The summed E-state index contributed by atoms with van der Waals surface area (Å²) in [6.07, 6.45) is 1.79. The first kappa shape index (κ1) is 22.5. The lowest BCUT2D eigenvalue weighted by molar-refractivity contribution is 0.171. The Morgan fingerprint density at radius 2 is 1.76 bits per heavy atom. The quantitative estimate of drug-likeness (QED) is 0.490. The van der Waals surface area contributed by atoms with Crippen molar-refractivity contribution in [2.75, 3.05) is 57.4 Å². The van der Waals surface area contributed by atoms with Crippen molar-refractivity contribution in [3.63, 3.8) is 0 Å². The maximum absolute atomic E-state index is 12.6. The summed E-state index contributed by atoms with van der Waals surface area (Å²) in [4.78, 5) is 4.81. The number of fused-ring (bicyclic) bond motifs is 2. The average molecular weight is 488 g/mol. The second-order valence-corrected chi connectivity index (χ2v) is 11.4. The van der Waals surface area contributed by atoms with E-state index in [4.69, 9.17) is 9.47 Å². The highest BCUT2D eigenvalue weighted by Gasteiger charge is 2.23. The molecule has 2 aromatic carbocycles. The van der Waals surface area contributed by atoms with E-state index in [0.717, 1.165) is 72.8 Å². The molecule has 1 saturated heterocycles. The van der Waals surface area contributed by atoms with E-state index >= 15 is 0 Å². The van der Waals surface area contributed by atoms with Gasteiger partial charge in [0.1, 0.15) is 17.4 Å². The largest absolute Gasteiger partial charge is 0.486 e. The van der Waals surface area contributed by atoms with Gasteiger partial charge in [0.05, 0.1) is 5.69 Å². The van der Waals surface area contributed by atoms with Gasteiger partial charge in [-0.25, -0.2) is 13.1 Å². The number of piperazine rings is 1. The van der Waals surface area contributed by atoms with Crippen LogP contribution in [0.1, 0.15) is 12.8 Å². The summed E-state index contributed by atoms with van der Waals surface area (Å²) in [5.41, 5.74) is 1.11. The first-order valence-corrected chi connectivity index (χ1v) is 13.7. The molecule has 0 bridgehead atoms. The number of sulfonamides is 1. The fraction of sp³-hybridized carbons (Fsp3) is 0.417. The molecule has 3 heterocycles. The van der Waals surface area contributed by atoms with E-state index in [2.05, 4.69) is 20.6 Å². The van der Waals surface area contributed by atoms with Gasteiger partial charge in [0, 0.05) is 37.4 Å². The molecular formula is C24H29N3O4S2. The predicted octanol–water partition coefficient (Wildman–Crippen LogP) is 3.55. The van der Waals surface area contributed by atoms with Crippen LogP contribution in [0.15, 0.2) is 52.7 Å². The highest BCUT2D eigenvalue weighted by Crippen LogP contribution is 2.39. The zero-order chi connectivity index (χ0) is 22.7. The van der Waals surface area contributed by atoms with Crippen LogP contribution in [-0.2, 0) is 10.0 Å². The number of nitrogens with one attached hydrogen (secondary N) is 1. The molecule has 2 aliphatic heterocycles. The van der Waals surface area contributed by atoms with Crippen molar-refractivity contribution in [3.8, 4) is 11.5 Å². The summed E-state index contributed by atoms with van der Waals surface area (Å²) < 4.78 is 40.9. The number of para-hydroxylation sites is 1. The molecule has 5 rings (SSSR count). The number of rotatable bonds is 8. The molecule has 3 aromatic rings. The second-order valence-electron chi connectivity index (χ2n) is 8.34. The van der Waals surface area contributed by atoms with Crippen LogP contribution in [0.2, 0.25) is 0 Å². The van der Waals surface area contributed by atoms with Gasteiger partial charge in [-0.05, 0) is 49.0 Å². The summed E-state index contributed by atoms with van der Waals surface area (Å²) in [7, 11) is -3.45. The van der Waals surface area contributed by atoms with Crippen LogP contribution in [0, 0.1) is 0 Å². The minimum atomic E-state index is -3.45. The fourth-order valence-electron chi connectivity index (χ4n) is 4.35. The summed E-state index contributed by atoms with van der Waals surface area (Å²) in [6, 6.07) is 15.6. The molecule has 7 nitrogen and oxygen atoms in total. The minimum absolute atomic E-state index is 0.386. The first-order valence-electron chi connectivity index (χ1n) is 11.4. The van der Waals surface area contributed by atoms with Gasteiger partial charge in [0.2, 0.25) is 10.0 Å². The van der Waals surface area contributed by atoms with Gasteiger partial charge >= 0.3 is 0 Å². The Morgan fingerprint density at radius 1 is 0.939 bits per heavy atom. The number of anilines is 1. The van der Waals surface area contributed by atoms with Gasteiger partial charge in [-0.3, -0.25) is 4.90 Å². The number of nitrogens with zero attached hydrogens (tertiary/aromatic N) is 2. The van der Waals surface area contributed by atoms with Gasteiger partial charge in [-0.15, -0.1) is 11.3 Å². The van der Waals surface area contributed by atoms with E-state index in [9.17, 15) is 8.42 Å². The van der Waals surface area contributed by atoms with Crippen molar-refractivity contribution in [2.24, 2.45) is 0 Å². The Balaban J connectivity index is 1.05. The van der Waals surface area contributed by atoms with Crippen LogP contribution in [-0.4, -0.2) is 65.8 Å². The normalized spacial score (nSPS) is 16.9. The van der Waals surface area contributed by atoms with Gasteiger partial charge in [-0.1, -0.05) is 24.3 Å². The first-order chi connectivity index (χ1) is 16.1. The molecule has 9 heteroatoms. The number of thiophene rings is 1. The zero-order valence-electron chi connectivity index (χ0n) is 18.5. The highest BCUT2D eigenvalue weighted by molar-refractivity contribution is 7.91. The minimum Gasteiger partial charge on any atom is -0.486 e. The molecule has 0 unspecified atom stereocenters. The molecule has 0 spiro atoms. The third kappa shape index (κ3) is 5.11. The third-order valence-corrected chi connectivity index (χ3v) is 9.17. The predicted molar refractivity (Wildman–Crippen MR) is 132 cm³/mol. The highest BCUT2D eigenvalue weighted by atomic mass is 32.2. The molecular weight excluding hydrogens is 458 g/mol. The number of unbranched alkanes of at least 4 members (excludes halogenated alkanes) is 1. The fourth-order valence-corrected chi connectivity index (χ4v) is 6.86. The van der Waals surface area contributed by atoms with E-state index in [0.29, 0.717) is 24.0 Å². The molecule has 2 aliphatic rings. The van der Waals surface area contributed by atoms with Crippen molar-refractivity contribution in [3.05, 3.63) is 48.5 Å². The molecule has 1 fully saturated rings. The number of ether oxygens (including phenoxy) is 2. The molecule has 0 amide bonds. The van der Waals surface area contributed by atoms with Gasteiger partial charge < -0.3 is 14.4 Å². The molecule has 0 atom stereocenters. The third-order valence-electron chi connectivity index (χ3n) is 6.12. The summed E-state index contributed by atoms with van der Waals surface area (Å²) in [5, 5.41) is 0.970. The Morgan fingerprint density at radius 3 is 2.61 bits per heavy atom. The van der Waals surface area contributed by atoms with Crippen LogP contribution < -0.4 is 19.1 Å². The van der Waals surface area contributed by atoms with Crippen LogP contribution in [0.4, 0.5) is 5.69 Å². The van der Waals surface area contributed by atoms with Crippen LogP contribution in [0.5, 0.6) is 11.5 Å². The topological polar surface area (TPSA) is 71.1 Å². The second kappa shape index (κ2) is 9.89. The number of hydrogen-bond acceptors (Lipinski definition) is 7. The maximum atomic E-state index is 12.6. The molecule has 0 aliphatic carbocycles. The Bertz CT molecular complexity index is 1170. The van der Waals surface area contributed by atoms with Crippen molar-refractivity contribution in [1.29, 1.82) is 0 Å². The smallest absolute Gasteiger partial charge is 0.250 e. The van der Waals surface area contributed by atoms with Gasteiger partial charge in [0.25, 0.3) is 0 Å². The molecule has 33 heavy (non-hydrogen) atoms. The van der Waals surface area contributed by atoms with Crippen LogP contribution in [0.3, 0.4) is 0 Å². The van der Waals surface area contributed by atoms with Crippen molar-refractivity contribution >= 4 is 37.1 Å². The molecule has 176 valence electrons. The van der Waals surface area contributed by atoms with Gasteiger partial charge in [-0.2, -0.15) is 0 Å². The molecule has 1 aromatic heterocycles. The molecule has 0 saturated carbocycles. The van der Waals surface area contributed by atoms with Crippen molar-refractivity contribution in [1.82, 2.24) is 9.62 Å². The zero-order valence-corrected chi connectivity index (χ0v) is 20.2. The van der Waals surface area contributed by atoms with Crippen molar-refractivity contribution < 1.29 is 17.9 Å².